The summed E-state index contributed by atoms with van der Waals surface area (Å²) in [6.07, 6.45) is 2.10. The maximum absolute atomic E-state index is 12.3. The number of benzene rings is 1. The minimum atomic E-state index is 0.0282. The molecule has 1 heterocycles. The molecule has 0 radical (unpaired) electrons. The van der Waals surface area contributed by atoms with Gasteiger partial charge in [0, 0.05) is 6.54 Å². The Kier molecular flexibility index (Phi) is 5.62. The predicted octanol–water partition coefficient (Wildman–Crippen LogP) is 2.60. The molecule has 0 aliphatic carbocycles. The number of ether oxygens (including phenoxy) is 1. The smallest absolute Gasteiger partial charge is 0.224 e. The number of carbonyl (C=O) groups is 1. The van der Waals surface area contributed by atoms with E-state index in [-0.39, 0.29) is 17.9 Å². The molecule has 1 aliphatic heterocycles. The molecule has 2 atom stereocenters. The van der Waals surface area contributed by atoms with Crippen LogP contribution in [0, 0.1) is 5.92 Å². The van der Waals surface area contributed by atoms with Gasteiger partial charge in [0.05, 0.1) is 18.6 Å². The fourth-order valence-corrected chi connectivity index (χ4v) is 2.81. The van der Waals surface area contributed by atoms with Gasteiger partial charge in [-0.1, -0.05) is 12.1 Å². The standard InChI is InChI=1S/C17H26N2O2/c1-4-21-16-9-7-14(8-10-16)13(2)18-17(20)15-6-5-11-19(3)12-15/h7-10,13,15H,4-6,11-12H2,1-3H3,(H,18,20). The Bertz CT molecular complexity index is 458. The van der Waals surface area contributed by atoms with Crippen molar-refractivity contribution in [1.29, 1.82) is 0 Å². The average molecular weight is 290 g/mol. The van der Waals surface area contributed by atoms with E-state index in [1.165, 1.54) is 0 Å². The monoisotopic (exact) mass is 290 g/mol. The Morgan fingerprint density at radius 2 is 2.14 bits per heavy atom. The van der Waals surface area contributed by atoms with Gasteiger partial charge in [-0.25, -0.2) is 0 Å². The SMILES string of the molecule is CCOc1ccc(C(C)NC(=O)C2CCCN(C)C2)cc1. The number of carbonyl (C=O) groups excluding carboxylic acids is 1. The molecule has 21 heavy (non-hydrogen) atoms. The van der Waals surface area contributed by atoms with Crippen LogP contribution in [0.15, 0.2) is 24.3 Å². The number of likely N-dealkylation sites (tertiary alicyclic amines) is 1. The molecule has 2 unspecified atom stereocenters. The summed E-state index contributed by atoms with van der Waals surface area (Å²) in [6, 6.07) is 7.97. The third-order valence-corrected chi connectivity index (χ3v) is 4.05. The first-order valence-corrected chi connectivity index (χ1v) is 7.81. The molecule has 0 saturated carbocycles. The summed E-state index contributed by atoms with van der Waals surface area (Å²) in [5.41, 5.74) is 1.11. The van der Waals surface area contributed by atoms with E-state index in [1.807, 2.05) is 38.1 Å². The Morgan fingerprint density at radius 1 is 1.43 bits per heavy atom. The van der Waals surface area contributed by atoms with Crippen molar-refractivity contribution in [3.8, 4) is 5.75 Å². The maximum Gasteiger partial charge on any atom is 0.224 e. The Balaban J connectivity index is 1.90. The lowest BCUT2D eigenvalue weighted by Gasteiger charge is -2.29. The highest BCUT2D eigenvalue weighted by Crippen LogP contribution is 2.20. The van der Waals surface area contributed by atoms with Crippen LogP contribution in [0.5, 0.6) is 5.75 Å². The van der Waals surface area contributed by atoms with Crippen LogP contribution in [0.3, 0.4) is 0 Å². The third-order valence-electron chi connectivity index (χ3n) is 4.05. The first-order valence-electron chi connectivity index (χ1n) is 7.81. The molecular formula is C17H26N2O2. The molecule has 116 valence electrons. The third kappa shape index (κ3) is 4.46. The molecule has 4 heteroatoms. The summed E-state index contributed by atoms with van der Waals surface area (Å²) in [5.74, 6) is 1.16. The number of amides is 1. The van der Waals surface area contributed by atoms with Crippen LogP contribution < -0.4 is 10.1 Å². The molecule has 2 rings (SSSR count). The van der Waals surface area contributed by atoms with E-state index in [2.05, 4.69) is 17.3 Å². The van der Waals surface area contributed by atoms with Gasteiger partial charge in [-0.15, -0.1) is 0 Å². The van der Waals surface area contributed by atoms with E-state index in [0.717, 1.165) is 37.2 Å². The molecule has 1 N–H and O–H groups in total. The highest BCUT2D eigenvalue weighted by molar-refractivity contribution is 5.79. The lowest BCUT2D eigenvalue weighted by Crippen LogP contribution is -2.42. The Morgan fingerprint density at radius 3 is 2.76 bits per heavy atom. The molecule has 0 aromatic heterocycles. The molecule has 1 aromatic rings. The first-order chi connectivity index (χ1) is 10.1. The topological polar surface area (TPSA) is 41.6 Å². The van der Waals surface area contributed by atoms with Crippen LogP contribution in [-0.4, -0.2) is 37.6 Å². The van der Waals surface area contributed by atoms with Gasteiger partial charge in [-0.2, -0.15) is 0 Å². The zero-order valence-corrected chi connectivity index (χ0v) is 13.3. The van der Waals surface area contributed by atoms with Crippen molar-refractivity contribution in [2.24, 2.45) is 5.92 Å². The highest BCUT2D eigenvalue weighted by Gasteiger charge is 2.24. The number of nitrogens with zero attached hydrogens (tertiary/aromatic N) is 1. The van der Waals surface area contributed by atoms with Gasteiger partial charge in [0.2, 0.25) is 5.91 Å². The normalized spacial score (nSPS) is 20.8. The van der Waals surface area contributed by atoms with E-state index in [1.54, 1.807) is 0 Å². The highest BCUT2D eigenvalue weighted by atomic mass is 16.5. The minimum Gasteiger partial charge on any atom is -0.494 e. The zero-order valence-electron chi connectivity index (χ0n) is 13.3. The molecule has 1 amide bonds. The van der Waals surface area contributed by atoms with Crippen molar-refractivity contribution in [1.82, 2.24) is 10.2 Å². The lowest BCUT2D eigenvalue weighted by atomic mass is 9.97. The van der Waals surface area contributed by atoms with Crippen molar-refractivity contribution in [2.45, 2.75) is 32.7 Å². The first kappa shape index (κ1) is 15.8. The van der Waals surface area contributed by atoms with Crippen LogP contribution in [0.4, 0.5) is 0 Å². The van der Waals surface area contributed by atoms with E-state index in [9.17, 15) is 4.79 Å². The minimum absolute atomic E-state index is 0.0282. The molecular weight excluding hydrogens is 264 g/mol. The second-order valence-corrected chi connectivity index (χ2v) is 5.83. The quantitative estimate of drug-likeness (QED) is 0.906. The van der Waals surface area contributed by atoms with Gasteiger partial charge >= 0.3 is 0 Å². The van der Waals surface area contributed by atoms with Crippen molar-refractivity contribution in [3.63, 3.8) is 0 Å². The van der Waals surface area contributed by atoms with Crippen LogP contribution in [0.25, 0.3) is 0 Å². The number of nitrogens with one attached hydrogen (secondary N) is 1. The van der Waals surface area contributed by atoms with Crippen molar-refractivity contribution >= 4 is 5.91 Å². The largest absolute Gasteiger partial charge is 0.494 e. The van der Waals surface area contributed by atoms with Crippen molar-refractivity contribution in [2.75, 3.05) is 26.7 Å². The molecule has 0 spiro atoms. The van der Waals surface area contributed by atoms with Gasteiger partial charge in [0.15, 0.2) is 0 Å². The summed E-state index contributed by atoms with van der Waals surface area (Å²) >= 11 is 0. The average Bonchev–Trinajstić information content (AvgIpc) is 2.48. The number of rotatable bonds is 5. The van der Waals surface area contributed by atoms with Gasteiger partial charge in [0.1, 0.15) is 5.75 Å². The van der Waals surface area contributed by atoms with Crippen LogP contribution in [0.2, 0.25) is 0 Å². The van der Waals surface area contributed by atoms with E-state index < -0.39 is 0 Å². The Labute approximate surface area is 127 Å². The second kappa shape index (κ2) is 7.46. The van der Waals surface area contributed by atoms with Gasteiger partial charge in [-0.05, 0) is 58.0 Å². The van der Waals surface area contributed by atoms with E-state index >= 15 is 0 Å². The van der Waals surface area contributed by atoms with E-state index in [0.29, 0.717) is 6.61 Å². The fourth-order valence-electron chi connectivity index (χ4n) is 2.81. The molecule has 0 bridgehead atoms. The van der Waals surface area contributed by atoms with Gasteiger partial charge in [-0.3, -0.25) is 4.79 Å². The van der Waals surface area contributed by atoms with Crippen molar-refractivity contribution in [3.05, 3.63) is 29.8 Å². The summed E-state index contributed by atoms with van der Waals surface area (Å²) in [4.78, 5) is 14.6. The molecule has 1 saturated heterocycles. The predicted molar refractivity (Wildman–Crippen MR) is 84.4 cm³/mol. The molecule has 1 aromatic carbocycles. The fraction of sp³-hybridized carbons (Fsp3) is 0.588. The summed E-state index contributed by atoms with van der Waals surface area (Å²) in [7, 11) is 2.08. The Hall–Kier alpha value is -1.55. The molecule has 4 nitrogen and oxygen atoms in total. The zero-order chi connectivity index (χ0) is 15.2. The number of hydrogen-bond acceptors (Lipinski definition) is 3. The second-order valence-electron chi connectivity index (χ2n) is 5.83. The van der Waals surface area contributed by atoms with E-state index in [4.69, 9.17) is 4.74 Å². The van der Waals surface area contributed by atoms with Crippen molar-refractivity contribution < 1.29 is 9.53 Å². The van der Waals surface area contributed by atoms with Crippen LogP contribution in [0.1, 0.15) is 38.3 Å². The van der Waals surface area contributed by atoms with Gasteiger partial charge in [0.25, 0.3) is 0 Å². The van der Waals surface area contributed by atoms with Gasteiger partial charge < -0.3 is 15.0 Å². The summed E-state index contributed by atoms with van der Waals surface area (Å²) in [5, 5.41) is 3.13. The molecule has 1 fully saturated rings. The molecule has 1 aliphatic rings. The lowest BCUT2D eigenvalue weighted by molar-refractivity contribution is -0.127. The summed E-state index contributed by atoms with van der Waals surface area (Å²) < 4.78 is 5.44. The van der Waals surface area contributed by atoms with Crippen LogP contribution >= 0.6 is 0 Å². The number of hydrogen-bond donors (Lipinski definition) is 1. The maximum atomic E-state index is 12.3. The summed E-state index contributed by atoms with van der Waals surface area (Å²) in [6.45, 7) is 6.62. The number of piperidine rings is 1. The van der Waals surface area contributed by atoms with Crippen LogP contribution in [-0.2, 0) is 4.79 Å².